The van der Waals surface area contributed by atoms with Crippen LogP contribution in [0.4, 0.5) is 5.69 Å². The summed E-state index contributed by atoms with van der Waals surface area (Å²) in [4.78, 5) is 30.9. The fourth-order valence-corrected chi connectivity index (χ4v) is 1.06. The van der Waals surface area contributed by atoms with E-state index in [1.165, 1.54) is 12.1 Å². The molecule has 0 heterocycles. The van der Waals surface area contributed by atoms with Crippen molar-refractivity contribution in [2.24, 2.45) is 0 Å². The first-order valence-corrected chi connectivity index (χ1v) is 4.51. The summed E-state index contributed by atoms with van der Waals surface area (Å²) >= 11 is 0. The Morgan fingerprint density at radius 2 is 1.89 bits per heavy atom. The first-order chi connectivity index (χ1) is 8.41. The molecule has 8 heteroatoms. The summed E-state index contributed by atoms with van der Waals surface area (Å²) in [5.74, 6) is -4.45. The molecule has 0 unspecified atom stereocenters. The minimum atomic E-state index is -1.64. The Morgan fingerprint density at radius 3 is 2.39 bits per heavy atom. The molecule has 0 fully saturated rings. The summed E-state index contributed by atoms with van der Waals surface area (Å²) < 4.78 is 4.72. The monoisotopic (exact) mass is 253 g/mol. The van der Waals surface area contributed by atoms with E-state index >= 15 is 0 Å². The maximum atomic E-state index is 10.7. The van der Waals surface area contributed by atoms with Gasteiger partial charge < -0.3 is 14.9 Å². The minimum absolute atomic E-state index is 0.305. The zero-order chi connectivity index (χ0) is 13.7. The Morgan fingerprint density at radius 1 is 1.28 bits per heavy atom. The summed E-state index contributed by atoms with van der Waals surface area (Å²) in [6.07, 6.45) is 0.305. The van der Waals surface area contributed by atoms with Gasteiger partial charge in [0.1, 0.15) is 0 Å². The topological polar surface area (TPSA) is 127 Å². The Balaban J connectivity index is 3.13. The van der Waals surface area contributed by atoms with Crippen LogP contribution in [0.1, 0.15) is 0 Å². The van der Waals surface area contributed by atoms with Crippen LogP contribution >= 0.6 is 0 Å². The van der Waals surface area contributed by atoms with Crippen molar-refractivity contribution in [2.45, 2.75) is 0 Å². The van der Waals surface area contributed by atoms with Crippen molar-refractivity contribution < 1.29 is 29.5 Å². The number of nitro benzene ring substituents is 1. The zero-order valence-corrected chi connectivity index (χ0v) is 8.77. The molecule has 0 spiro atoms. The molecule has 2 N–H and O–H groups in total. The van der Waals surface area contributed by atoms with Gasteiger partial charge in [-0.3, -0.25) is 10.1 Å². The molecule has 0 saturated carbocycles. The molecule has 8 nitrogen and oxygen atoms in total. The van der Waals surface area contributed by atoms with E-state index in [0.717, 1.165) is 12.1 Å². The van der Waals surface area contributed by atoms with Gasteiger partial charge in [0.2, 0.25) is 11.5 Å². The second kappa shape index (κ2) is 5.43. The van der Waals surface area contributed by atoms with Crippen molar-refractivity contribution >= 4 is 17.6 Å². The molecule has 0 aromatic heterocycles. The standard InChI is InChI=1S/C10H7NO7/c12-9(13)5-8(10(14)15)18-7-4-2-1-3-6(7)11(16)17/h1-5H,(H,12,13)(H,14,15). The highest BCUT2D eigenvalue weighted by Gasteiger charge is 2.19. The van der Waals surface area contributed by atoms with Gasteiger partial charge in [0, 0.05) is 6.07 Å². The van der Waals surface area contributed by atoms with E-state index in [1.807, 2.05) is 0 Å². The number of rotatable bonds is 5. The van der Waals surface area contributed by atoms with Crippen LogP contribution in [-0.2, 0) is 9.59 Å². The van der Waals surface area contributed by atoms with Crippen molar-refractivity contribution in [3.8, 4) is 5.75 Å². The van der Waals surface area contributed by atoms with Gasteiger partial charge in [0.05, 0.1) is 11.0 Å². The van der Waals surface area contributed by atoms with Crippen LogP contribution < -0.4 is 4.74 Å². The molecule has 0 radical (unpaired) electrons. The lowest BCUT2D eigenvalue weighted by Crippen LogP contribution is -2.11. The molecule has 94 valence electrons. The van der Waals surface area contributed by atoms with E-state index in [1.54, 1.807) is 0 Å². The lowest BCUT2D eigenvalue weighted by atomic mass is 10.3. The Labute approximate surface area is 99.9 Å². The molecule has 1 aromatic carbocycles. The van der Waals surface area contributed by atoms with Crippen molar-refractivity contribution in [3.05, 3.63) is 46.2 Å². The SMILES string of the molecule is O=C(O)C=C(Oc1ccccc1[N+](=O)[O-])C(=O)O. The first kappa shape index (κ1) is 13.2. The van der Waals surface area contributed by atoms with Gasteiger partial charge in [0.15, 0.2) is 0 Å². The Bertz CT molecular complexity index is 535. The highest BCUT2D eigenvalue weighted by molar-refractivity contribution is 5.93. The molecule has 0 aliphatic heterocycles. The summed E-state index contributed by atoms with van der Waals surface area (Å²) in [7, 11) is 0. The van der Waals surface area contributed by atoms with Gasteiger partial charge in [-0.25, -0.2) is 9.59 Å². The fraction of sp³-hybridized carbons (Fsp3) is 0. The van der Waals surface area contributed by atoms with Crippen molar-refractivity contribution in [2.75, 3.05) is 0 Å². The number of carboxylic acids is 2. The van der Waals surface area contributed by atoms with Gasteiger partial charge >= 0.3 is 17.6 Å². The Kier molecular flexibility index (Phi) is 3.98. The molecular weight excluding hydrogens is 246 g/mol. The van der Waals surface area contributed by atoms with Gasteiger partial charge in [-0.05, 0) is 6.07 Å². The minimum Gasteiger partial charge on any atom is -0.478 e. The third kappa shape index (κ3) is 3.30. The number of aliphatic carboxylic acids is 2. The number of carbonyl (C=O) groups is 2. The summed E-state index contributed by atoms with van der Waals surface area (Å²) in [5.41, 5.74) is -0.463. The third-order valence-corrected chi connectivity index (χ3v) is 1.75. The number of nitro groups is 1. The molecule has 0 atom stereocenters. The van der Waals surface area contributed by atoms with Crippen LogP contribution in [0, 0.1) is 10.1 Å². The lowest BCUT2D eigenvalue weighted by Gasteiger charge is -2.05. The maximum Gasteiger partial charge on any atom is 0.372 e. The Hall–Kier alpha value is -2.90. The first-order valence-electron chi connectivity index (χ1n) is 4.51. The predicted octanol–water partition coefficient (Wildman–Crippen LogP) is 1.03. The summed E-state index contributed by atoms with van der Waals surface area (Å²) in [5, 5.41) is 27.8. The van der Waals surface area contributed by atoms with E-state index in [2.05, 4.69) is 0 Å². The molecule has 0 aliphatic rings. The van der Waals surface area contributed by atoms with Crippen LogP contribution in [0.25, 0.3) is 0 Å². The number of carboxylic acid groups (broad SMARTS) is 2. The van der Waals surface area contributed by atoms with Gasteiger partial charge in [-0.2, -0.15) is 0 Å². The van der Waals surface area contributed by atoms with Gasteiger partial charge in [0.25, 0.3) is 0 Å². The number of hydrogen-bond donors (Lipinski definition) is 2. The number of nitrogens with zero attached hydrogens (tertiary/aromatic N) is 1. The number of ether oxygens (including phenoxy) is 1. The highest BCUT2D eigenvalue weighted by atomic mass is 16.6. The van der Waals surface area contributed by atoms with Crippen molar-refractivity contribution in [1.29, 1.82) is 0 Å². The second-order valence-electron chi connectivity index (χ2n) is 2.98. The summed E-state index contributed by atoms with van der Waals surface area (Å²) in [6, 6.07) is 5.03. The predicted molar refractivity (Wildman–Crippen MR) is 57.1 cm³/mol. The fourth-order valence-electron chi connectivity index (χ4n) is 1.06. The van der Waals surface area contributed by atoms with Crippen molar-refractivity contribution in [1.82, 2.24) is 0 Å². The van der Waals surface area contributed by atoms with Crippen LogP contribution in [0.3, 0.4) is 0 Å². The quantitative estimate of drug-likeness (QED) is 0.347. The highest BCUT2D eigenvalue weighted by Crippen LogP contribution is 2.27. The molecular formula is C10H7NO7. The van der Waals surface area contributed by atoms with Crippen LogP contribution in [0.2, 0.25) is 0 Å². The largest absolute Gasteiger partial charge is 0.478 e. The van der Waals surface area contributed by atoms with E-state index in [4.69, 9.17) is 14.9 Å². The van der Waals surface area contributed by atoms with Crippen LogP contribution in [0.5, 0.6) is 5.75 Å². The van der Waals surface area contributed by atoms with E-state index < -0.39 is 28.3 Å². The average Bonchev–Trinajstić information content (AvgIpc) is 2.27. The van der Waals surface area contributed by atoms with Crippen molar-refractivity contribution in [3.63, 3.8) is 0 Å². The second-order valence-corrected chi connectivity index (χ2v) is 2.98. The number of hydrogen-bond acceptors (Lipinski definition) is 5. The molecule has 0 amide bonds. The van der Waals surface area contributed by atoms with Gasteiger partial charge in [-0.15, -0.1) is 0 Å². The van der Waals surface area contributed by atoms with E-state index in [-0.39, 0.29) is 5.75 Å². The number of para-hydroxylation sites is 2. The molecule has 18 heavy (non-hydrogen) atoms. The van der Waals surface area contributed by atoms with Crippen LogP contribution in [-0.4, -0.2) is 27.1 Å². The molecule has 0 aliphatic carbocycles. The van der Waals surface area contributed by atoms with Crippen LogP contribution in [0.15, 0.2) is 36.1 Å². The smallest absolute Gasteiger partial charge is 0.372 e. The molecule has 1 rings (SSSR count). The zero-order valence-electron chi connectivity index (χ0n) is 8.77. The van der Waals surface area contributed by atoms with E-state index in [9.17, 15) is 19.7 Å². The normalized spacial score (nSPS) is 10.8. The van der Waals surface area contributed by atoms with E-state index in [0.29, 0.717) is 6.08 Å². The van der Waals surface area contributed by atoms with Gasteiger partial charge in [-0.1, -0.05) is 12.1 Å². The number of benzene rings is 1. The lowest BCUT2D eigenvalue weighted by molar-refractivity contribution is -0.385. The molecule has 0 bridgehead atoms. The summed E-state index contributed by atoms with van der Waals surface area (Å²) in [6.45, 7) is 0. The average molecular weight is 253 g/mol. The third-order valence-electron chi connectivity index (χ3n) is 1.75. The molecule has 0 saturated heterocycles. The molecule has 1 aromatic rings. The maximum absolute atomic E-state index is 10.7.